The molecule has 26 heavy (non-hydrogen) atoms. The zero-order chi connectivity index (χ0) is 19.7. The van der Waals surface area contributed by atoms with Gasteiger partial charge in [0.05, 0.1) is 18.8 Å². The van der Waals surface area contributed by atoms with Gasteiger partial charge in [0, 0.05) is 23.0 Å². The highest BCUT2D eigenvalue weighted by atomic mass is 16.3. The fraction of sp³-hybridized carbons (Fsp3) is 0.545. The molecule has 1 N–H and O–H groups in total. The minimum Gasteiger partial charge on any atom is -0.507 e. The van der Waals surface area contributed by atoms with E-state index < -0.39 is 0 Å². The molecule has 0 aliphatic rings. The third kappa shape index (κ3) is 4.75. The standard InChI is InChI=1S/C22H33N3O/c1-15-11-16(2)25(24-15)10-9-23-14-17-12-18(21(3,4)5)13-19(20(17)26)22(6,7)8/h11-14,26H,9-10H2,1-8H3. The Morgan fingerprint density at radius 3 is 2.19 bits per heavy atom. The first-order valence-electron chi connectivity index (χ1n) is 9.28. The van der Waals surface area contributed by atoms with E-state index in [1.165, 1.54) is 5.56 Å². The number of aromatic nitrogens is 2. The van der Waals surface area contributed by atoms with Crippen LogP contribution in [0.4, 0.5) is 0 Å². The summed E-state index contributed by atoms with van der Waals surface area (Å²) in [5, 5.41) is 15.2. The van der Waals surface area contributed by atoms with E-state index in [9.17, 15) is 5.11 Å². The number of aromatic hydroxyl groups is 1. The molecule has 1 aromatic carbocycles. The van der Waals surface area contributed by atoms with Crippen LogP contribution in [0.2, 0.25) is 0 Å². The molecule has 0 aliphatic heterocycles. The van der Waals surface area contributed by atoms with E-state index in [4.69, 9.17) is 0 Å². The number of aryl methyl sites for hydroxylation is 2. The molecule has 0 saturated heterocycles. The number of aliphatic imine (C=N–C) groups is 1. The number of phenols is 1. The van der Waals surface area contributed by atoms with Crippen molar-refractivity contribution in [1.82, 2.24) is 9.78 Å². The van der Waals surface area contributed by atoms with Gasteiger partial charge in [0.2, 0.25) is 0 Å². The minimum absolute atomic E-state index is 0.0139. The first kappa shape index (κ1) is 20.2. The number of hydrogen-bond donors (Lipinski definition) is 1. The van der Waals surface area contributed by atoms with Crippen molar-refractivity contribution in [1.29, 1.82) is 0 Å². The number of nitrogens with zero attached hydrogens (tertiary/aromatic N) is 3. The van der Waals surface area contributed by atoms with Gasteiger partial charge in [-0.2, -0.15) is 5.10 Å². The van der Waals surface area contributed by atoms with Gasteiger partial charge in [-0.3, -0.25) is 9.67 Å². The van der Waals surface area contributed by atoms with E-state index in [1.807, 2.05) is 11.6 Å². The van der Waals surface area contributed by atoms with E-state index in [1.54, 1.807) is 6.21 Å². The van der Waals surface area contributed by atoms with Crippen LogP contribution in [0, 0.1) is 13.8 Å². The molecule has 0 atom stereocenters. The number of benzene rings is 1. The predicted molar refractivity (Wildman–Crippen MR) is 110 cm³/mol. The quantitative estimate of drug-likeness (QED) is 0.791. The Morgan fingerprint density at radius 2 is 1.69 bits per heavy atom. The van der Waals surface area contributed by atoms with Gasteiger partial charge in [0.1, 0.15) is 5.75 Å². The summed E-state index contributed by atoms with van der Waals surface area (Å²) in [6.07, 6.45) is 1.80. The van der Waals surface area contributed by atoms with Crippen molar-refractivity contribution in [3.05, 3.63) is 46.3 Å². The zero-order valence-corrected chi connectivity index (χ0v) is 17.5. The van der Waals surface area contributed by atoms with Gasteiger partial charge in [0.15, 0.2) is 0 Å². The molecular formula is C22H33N3O. The van der Waals surface area contributed by atoms with Crippen LogP contribution in [0.15, 0.2) is 23.2 Å². The second kappa shape index (κ2) is 7.26. The summed E-state index contributed by atoms with van der Waals surface area (Å²) in [6.45, 7) is 18.4. The van der Waals surface area contributed by atoms with Crippen molar-refractivity contribution in [2.75, 3.05) is 6.54 Å². The number of rotatable bonds is 4. The summed E-state index contributed by atoms with van der Waals surface area (Å²) >= 11 is 0. The molecule has 0 radical (unpaired) electrons. The van der Waals surface area contributed by atoms with Gasteiger partial charge in [-0.1, -0.05) is 47.6 Å². The zero-order valence-electron chi connectivity index (χ0n) is 17.5. The topological polar surface area (TPSA) is 50.4 Å². The summed E-state index contributed by atoms with van der Waals surface area (Å²) in [5.74, 6) is 0.334. The first-order chi connectivity index (χ1) is 11.9. The van der Waals surface area contributed by atoms with Gasteiger partial charge >= 0.3 is 0 Å². The van der Waals surface area contributed by atoms with E-state index in [0.717, 1.165) is 29.1 Å². The molecule has 142 valence electrons. The lowest BCUT2D eigenvalue weighted by atomic mass is 9.79. The van der Waals surface area contributed by atoms with Crippen molar-refractivity contribution in [3.8, 4) is 5.75 Å². The molecule has 2 aromatic rings. The lowest BCUT2D eigenvalue weighted by Crippen LogP contribution is -2.17. The van der Waals surface area contributed by atoms with Crippen molar-refractivity contribution in [2.45, 2.75) is 72.8 Å². The highest BCUT2D eigenvalue weighted by molar-refractivity contribution is 5.85. The molecule has 0 unspecified atom stereocenters. The molecule has 4 nitrogen and oxygen atoms in total. The third-order valence-corrected chi connectivity index (χ3v) is 4.59. The van der Waals surface area contributed by atoms with Crippen LogP contribution in [0.25, 0.3) is 0 Å². The number of hydrogen-bond acceptors (Lipinski definition) is 3. The van der Waals surface area contributed by atoms with Crippen LogP contribution >= 0.6 is 0 Å². The van der Waals surface area contributed by atoms with Gasteiger partial charge in [-0.05, 0) is 42.4 Å². The fourth-order valence-corrected chi connectivity index (χ4v) is 2.98. The lowest BCUT2D eigenvalue weighted by molar-refractivity contribution is 0.444. The second-order valence-corrected chi connectivity index (χ2v) is 9.15. The van der Waals surface area contributed by atoms with Crippen LogP contribution < -0.4 is 0 Å². The van der Waals surface area contributed by atoms with Gasteiger partial charge in [0.25, 0.3) is 0 Å². The summed E-state index contributed by atoms with van der Waals surface area (Å²) in [5.41, 5.74) is 5.01. The average molecular weight is 356 g/mol. The van der Waals surface area contributed by atoms with Gasteiger partial charge in [-0.25, -0.2) is 0 Å². The van der Waals surface area contributed by atoms with Crippen LogP contribution in [0.5, 0.6) is 5.75 Å². The van der Waals surface area contributed by atoms with Crippen molar-refractivity contribution in [3.63, 3.8) is 0 Å². The van der Waals surface area contributed by atoms with Crippen molar-refractivity contribution in [2.24, 2.45) is 4.99 Å². The largest absolute Gasteiger partial charge is 0.507 e. The Hall–Kier alpha value is -2.10. The van der Waals surface area contributed by atoms with Crippen LogP contribution in [-0.4, -0.2) is 27.6 Å². The molecular weight excluding hydrogens is 322 g/mol. The lowest BCUT2D eigenvalue weighted by Gasteiger charge is -2.27. The summed E-state index contributed by atoms with van der Waals surface area (Å²) in [4.78, 5) is 4.55. The van der Waals surface area contributed by atoms with E-state index >= 15 is 0 Å². The van der Waals surface area contributed by atoms with E-state index in [0.29, 0.717) is 12.3 Å². The van der Waals surface area contributed by atoms with Crippen LogP contribution in [0.3, 0.4) is 0 Å². The maximum absolute atomic E-state index is 10.8. The third-order valence-electron chi connectivity index (χ3n) is 4.59. The minimum atomic E-state index is -0.127. The van der Waals surface area contributed by atoms with E-state index in [2.05, 4.69) is 76.8 Å². The molecule has 4 heteroatoms. The Labute approximate surface area is 158 Å². The molecule has 0 aliphatic carbocycles. The molecule has 0 spiro atoms. The molecule has 1 aromatic heterocycles. The Morgan fingerprint density at radius 1 is 1.04 bits per heavy atom. The SMILES string of the molecule is Cc1cc(C)n(CCN=Cc2cc(C(C)(C)C)cc(C(C)(C)C)c2O)n1. The second-order valence-electron chi connectivity index (χ2n) is 9.15. The smallest absolute Gasteiger partial charge is 0.128 e. The van der Waals surface area contributed by atoms with Crippen molar-refractivity contribution < 1.29 is 5.11 Å². The highest BCUT2D eigenvalue weighted by Gasteiger charge is 2.24. The normalized spacial score (nSPS) is 12.9. The Balaban J connectivity index is 2.28. The monoisotopic (exact) mass is 355 g/mol. The van der Waals surface area contributed by atoms with Crippen molar-refractivity contribution >= 4 is 6.21 Å². The Kier molecular flexibility index (Phi) is 5.64. The summed E-state index contributed by atoms with van der Waals surface area (Å²) in [7, 11) is 0. The fourth-order valence-electron chi connectivity index (χ4n) is 2.98. The maximum atomic E-state index is 10.8. The Bertz CT molecular complexity index is 802. The van der Waals surface area contributed by atoms with Gasteiger partial charge in [-0.15, -0.1) is 0 Å². The molecule has 0 fully saturated rings. The summed E-state index contributed by atoms with van der Waals surface area (Å²) in [6, 6.07) is 6.25. The van der Waals surface area contributed by atoms with E-state index in [-0.39, 0.29) is 10.8 Å². The van der Waals surface area contributed by atoms with Crippen LogP contribution in [0.1, 0.15) is 69.6 Å². The highest BCUT2D eigenvalue weighted by Crippen LogP contribution is 2.37. The average Bonchev–Trinajstić information content (AvgIpc) is 2.80. The molecule has 1 heterocycles. The molecule has 2 rings (SSSR count). The molecule has 0 saturated carbocycles. The number of phenolic OH excluding ortho intramolecular Hbond substituents is 1. The molecule has 0 bridgehead atoms. The predicted octanol–water partition coefficient (Wildman–Crippen LogP) is 4.92. The summed E-state index contributed by atoms with van der Waals surface area (Å²) < 4.78 is 1.97. The van der Waals surface area contributed by atoms with Gasteiger partial charge < -0.3 is 5.11 Å². The maximum Gasteiger partial charge on any atom is 0.128 e. The van der Waals surface area contributed by atoms with Crippen LogP contribution in [-0.2, 0) is 17.4 Å². The first-order valence-corrected chi connectivity index (χ1v) is 9.28. The molecule has 0 amide bonds.